The molecule has 0 aromatic heterocycles. The molecule has 0 aromatic carbocycles. The molecule has 0 radical (unpaired) electrons. The van der Waals surface area contributed by atoms with E-state index in [2.05, 4.69) is 58.0 Å². The maximum absolute atomic E-state index is 17.2. The van der Waals surface area contributed by atoms with Crippen molar-refractivity contribution in [3.8, 4) is 0 Å². The number of hydrogen-bond donors (Lipinski definition) is 8. The number of Topliss-reactive ketones (excluding diaryl/α,β-unsaturated/α-hetero) is 3. The molecule has 21 nitrogen and oxygen atoms in total. The van der Waals surface area contributed by atoms with Gasteiger partial charge in [0.05, 0.1) is 18.3 Å². The highest BCUT2D eigenvalue weighted by Gasteiger charge is 2.79. The largest absolute Gasteiger partial charge is 0.475 e. The van der Waals surface area contributed by atoms with Crippen molar-refractivity contribution in [2.45, 2.75) is 225 Å². The van der Waals surface area contributed by atoms with E-state index in [0.29, 0.717) is 86.3 Å². The second-order valence-electron chi connectivity index (χ2n) is 32.2. The zero-order chi connectivity index (χ0) is 75.2. The standard InChI is InChI=1S/C26H34BrFO6.C26H35FNO9.C22H29FO5.CH4.I2.HI/c1-15-11-19-18-7-6-16-12-17(29)8-9-23(16,2)25(18,28)20(30)13-24(19,3)26(15,33)21(31)14-34-22(32)5-4-10-27;1-15-11-19-18-7-6-16-12-17(29)8-9-23(16,2)25(18,27)20(30)13-24(19,3)26(15,33)21(31)14-36-22(32)5-4-10-37-28(34)35;1-12-8-16-15-5-4-13-9-14(25)6-7-19(13,2)21(15,23)17(26)10-20(16,3)22(12,28)18(27)11-24;;1-2;/h8-9,12,15,18-20,30,33H,4-7,10-11,13-14H2,1-3H3;8-9,12,15,18-20,30,33H,4-7,10-11,13-14H2,1-3H3,(H,34,35);6-7,9,12,15-17,24,26,28H,4-5,8,10-11H2,1-3H3;1H4;;1H/q;+1;;;;. The first-order valence-corrected chi connectivity index (χ1v) is 42.6. The fourth-order valence-electron chi connectivity index (χ4n) is 22.8. The Morgan fingerprint density at radius 1 is 0.544 bits per heavy atom. The van der Waals surface area contributed by atoms with Gasteiger partial charge >= 0.3 is 17.0 Å². The number of ketones is 6. The minimum Gasteiger partial charge on any atom is -0.458 e. The van der Waals surface area contributed by atoms with Crippen LogP contribution in [0.1, 0.15) is 172 Å². The predicted octanol–water partition coefficient (Wildman–Crippen LogP) is 10.9. The maximum atomic E-state index is 17.2. The summed E-state index contributed by atoms with van der Waals surface area (Å²) in [6.07, 6.45) is 13.3. The molecule has 0 spiro atoms. The SMILES string of the molecule is C.CC1CC2C3CCC4=CC(=O)C=CC4(C)C3(F)C(O)CC2(C)C1(O)C(=O)CO.CC1CC2C3CCC4=CC(=O)C=CC4(C)C3(F)C(O)CC2(C)C1(O)C(=O)COC(=O)CCCBr.CC1CC2C3CCC4=CC(=O)C=CC4(C)C3(F)C(O)CC2(C)C1(O)C(=O)COC(=O)CCCO[N+](=O)O.I.II. The fourth-order valence-corrected chi connectivity index (χ4v) is 23.0. The first-order valence-electron chi connectivity index (χ1n) is 35.2. The highest BCUT2D eigenvalue weighted by Crippen LogP contribution is 2.74. The van der Waals surface area contributed by atoms with Crippen LogP contribution in [0.5, 0.6) is 0 Å². The van der Waals surface area contributed by atoms with Crippen LogP contribution >= 0.6 is 77.1 Å². The van der Waals surface area contributed by atoms with E-state index < -0.39 is 180 Å². The normalized spacial score (nSPS) is 44.4. The molecule has 24 atom stereocenters. The summed E-state index contributed by atoms with van der Waals surface area (Å²) in [5.41, 5.74) is -16.2. The van der Waals surface area contributed by atoms with E-state index in [1.165, 1.54) is 36.5 Å². The van der Waals surface area contributed by atoms with Crippen LogP contribution in [0.15, 0.2) is 71.4 Å². The van der Waals surface area contributed by atoms with Crippen LogP contribution in [0.4, 0.5) is 13.2 Å². The van der Waals surface area contributed by atoms with Crippen LogP contribution in [0, 0.1) is 90.7 Å². The third kappa shape index (κ3) is 13.1. The summed E-state index contributed by atoms with van der Waals surface area (Å²) in [6, 6.07) is 0. The molecule has 0 aromatic rings. The highest BCUT2D eigenvalue weighted by molar-refractivity contribution is 15.0. The summed E-state index contributed by atoms with van der Waals surface area (Å²) in [7, 11) is 0. The Hall–Kier alpha value is -3.22. The van der Waals surface area contributed by atoms with Gasteiger partial charge in [-0.1, -0.05) is 99.8 Å². The van der Waals surface area contributed by atoms with Crippen molar-refractivity contribution in [3.05, 3.63) is 76.3 Å². The number of rotatable bonds is 16. The molecule has 0 saturated heterocycles. The Balaban J connectivity index is 0.000000213. The van der Waals surface area contributed by atoms with Crippen molar-refractivity contribution in [2.75, 3.05) is 31.8 Å². The van der Waals surface area contributed by atoms with Crippen molar-refractivity contribution in [1.29, 1.82) is 0 Å². The first-order chi connectivity index (χ1) is 47.0. The molecule has 0 heterocycles. The maximum Gasteiger partial charge on any atom is 0.475 e. The number of alkyl halides is 4. The summed E-state index contributed by atoms with van der Waals surface area (Å²) in [4.78, 5) is 114. The monoisotopic (exact) mass is 1850 g/mol. The predicted molar refractivity (Wildman–Crippen MR) is 401 cm³/mol. The number of halogens is 7. The molecule has 9 saturated carbocycles. The average Bonchev–Trinajstić information content (AvgIpc) is 1.63. The third-order valence-electron chi connectivity index (χ3n) is 28.1. The van der Waals surface area contributed by atoms with Crippen molar-refractivity contribution in [1.82, 2.24) is 0 Å². The van der Waals surface area contributed by atoms with Crippen molar-refractivity contribution < 1.29 is 112 Å². The molecular weight excluding hydrogens is 1750 g/mol. The van der Waals surface area contributed by atoms with Gasteiger partial charge in [-0.05, 0) is 183 Å². The zero-order valence-electron chi connectivity index (χ0n) is 59.1. The molecule has 12 aliphatic rings. The van der Waals surface area contributed by atoms with Gasteiger partial charge in [-0.25, -0.2) is 18.4 Å². The molecule has 0 aliphatic heterocycles. The Morgan fingerprint density at radius 2 is 0.835 bits per heavy atom. The summed E-state index contributed by atoms with van der Waals surface area (Å²) in [5.74, 6) is -8.13. The lowest BCUT2D eigenvalue weighted by Gasteiger charge is -2.62. The van der Waals surface area contributed by atoms with Crippen LogP contribution in [-0.2, 0) is 52.7 Å². The molecule has 103 heavy (non-hydrogen) atoms. The first kappa shape index (κ1) is 87.0. The molecule has 8 N–H and O–H groups in total. The number of aliphatic hydroxyl groups is 7. The number of carbonyl (C=O) groups is 8. The quantitative estimate of drug-likeness (QED) is 0.0234. The minimum absolute atomic E-state index is 0. The molecule has 576 valence electrons. The van der Waals surface area contributed by atoms with Crippen LogP contribution < -0.4 is 0 Å². The molecule has 9 fully saturated rings. The second kappa shape index (κ2) is 31.3. The Kier molecular flexibility index (Phi) is 26.4. The van der Waals surface area contributed by atoms with E-state index in [1.54, 1.807) is 80.5 Å². The van der Waals surface area contributed by atoms with E-state index in [-0.39, 0.29) is 106 Å². The van der Waals surface area contributed by atoms with E-state index in [9.17, 15) is 79.0 Å². The van der Waals surface area contributed by atoms with Crippen LogP contribution in [0.2, 0.25) is 0 Å². The summed E-state index contributed by atoms with van der Waals surface area (Å²) in [6.45, 7) is 13.4. The summed E-state index contributed by atoms with van der Waals surface area (Å²) < 4.78 is 61.4. The molecule has 12 rings (SSSR count). The Labute approximate surface area is 648 Å². The summed E-state index contributed by atoms with van der Waals surface area (Å²) >= 11 is 7.49. The van der Waals surface area contributed by atoms with E-state index in [4.69, 9.17) is 14.7 Å². The van der Waals surface area contributed by atoms with Gasteiger partial charge in [0.15, 0.2) is 60.0 Å². The smallest absolute Gasteiger partial charge is 0.458 e. The van der Waals surface area contributed by atoms with Crippen molar-refractivity contribution in [3.63, 3.8) is 0 Å². The lowest BCUT2D eigenvalue weighted by Crippen LogP contribution is -2.69. The molecule has 0 bridgehead atoms. The molecule has 28 heteroatoms. The van der Waals surface area contributed by atoms with Gasteiger partial charge in [0.2, 0.25) is 11.6 Å². The number of allylic oxidation sites excluding steroid dienone is 12. The van der Waals surface area contributed by atoms with E-state index in [0.717, 1.165) is 0 Å². The van der Waals surface area contributed by atoms with Gasteiger partial charge in [-0.3, -0.25) is 38.4 Å². The summed E-state index contributed by atoms with van der Waals surface area (Å²) in [5, 5.41) is 86.6. The third-order valence-corrected chi connectivity index (χ3v) is 28.6. The van der Waals surface area contributed by atoms with Crippen LogP contribution in [0.3, 0.4) is 0 Å². The molecular formula is C75H103BrF3I3NO20+. The van der Waals surface area contributed by atoms with E-state index >= 15 is 13.2 Å². The second-order valence-corrected chi connectivity index (χ2v) is 33.0. The average molecular weight is 1860 g/mol. The van der Waals surface area contributed by atoms with Crippen molar-refractivity contribution in [2.24, 2.45) is 85.8 Å². The number of ether oxygens (including phenoxy) is 2. The van der Waals surface area contributed by atoms with Crippen LogP contribution in [0.25, 0.3) is 0 Å². The van der Waals surface area contributed by atoms with E-state index in [1.807, 2.05) is 0 Å². The number of fused-ring (bicyclic) bond motifs is 15. The number of aliphatic hydroxyl groups excluding tert-OH is 4. The topological polar surface area (TPSA) is 346 Å². The molecule has 0 amide bonds. The number of esters is 2. The number of carbonyl (C=O) groups excluding carboxylic acids is 8. The van der Waals surface area contributed by atoms with Gasteiger partial charge in [-0.2, -0.15) is 4.84 Å². The van der Waals surface area contributed by atoms with Gasteiger partial charge < -0.3 is 45.2 Å². The highest BCUT2D eigenvalue weighted by atomic mass is 128. The fraction of sp³-hybridized carbons (Fsp3) is 0.733. The minimum atomic E-state index is -2.07. The van der Waals surface area contributed by atoms with Gasteiger partial charge in [0.1, 0.15) is 28.3 Å². The Morgan fingerprint density at radius 3 is 1.12 bits per heavy atom. The molecule has 24 unspecified atom stereocenters. The van der Waals surface area contributed by atoms with Gasteiger partial charge in [0, 0.05) is 106 Å². The lowest BCUT2D eigenvalue weighted by atomic mass is 9.44. The number of hydrogen-bond acceptors (Lipinski definition) is 19. The Bertz CT molecular complexity index is 3580. The van der Waals surface area contributed by atoms with Gasteiger partial charge in [-0.15, -0.1) is 24.0 Å². The van der Waals surface area contributed by atoms with Crippen LogP contribution in [-0.4, -0.2) is 177 Å². The molecule has 12 aliphatic carbocycles. The van der Waals surface area contributed by atoms with Gasteiger partial charge in [0.25, 0.3) is 0 Å². The lowest BCUT2D eigenvalue weighted by molar-refractivity contribution is -0.975. The number of nitrogens with zero attached hydrogens (tertiary/aromatic N) is 1. The zero-order valence-corrected chi connectivity index (χ0v) is 67.3. The van der Waals surface area contributed by atoms with Crippen molar-refractivity contribution >= 4 is 124 Å².